The van der Waals surface area contributed by atoms with Crippen molar-refractivity contribution in [1.29, 1.82) is 0 Å². The summed E-state index contributed by atoms with van der Waals surface area (Å²) in [7, 11) is 0. The van der Waals surface area contributed by atoms with Crippen LogP contribution in [0.25, 0.3) is 0 Å². The highest BCUT2D eigenvalue weighted by Gasteiger charge is 2.20. The number of nitrogens with two attached hydrogens (primary N) is 1. The lowest BCUT2D eigenvalue weighted by Gasteiger charge is -2.26. The van der Waals surface area contributed by atoms with Crippen LogP contribution in [0.15, 0.2) is 24.3 Å². The lowest BCUT2D eigenvalue weighted by atomic mass is 10.1. The first kappa shape index (κ1) is 23.6. The maximum absolute atomic E-state index is 12.6. The molecule has 2 aliphatic rings. The molecule has 2 amide bonds. The number of hydrogen-bond acceptors (Lipinski definition) is 9. The second-order valence-corrected chi connectivity index (χ2v) is 7.49. The highest BCUT2D eigenvalue weighted by molar-refractivity contribution is 5.97. The van der Waals surface area contributed by atoms with Crippen molar-refractivity contribution in [2.24, 2.45) is 5.73 Å². The number of morpholine rings is 1. The van der Waals surface area contributed by atoms with Gasteiger partial charge in [-0.1, -0.05) is 0 Å². The number of piperidine rings is 1. The van der Waals surface area contributed by atoms with Gasteiger partial charge in [0.05, 0.1) is 13.2 Å². The molecule has 0 unspecified atom stereocenters. The van der Waals surface area contributed by atoms with Gasteiger partial charge >= 0.3 is 0 Å². The second kappa shape index (κ2) is 11.0. The molecule has 3 heterocycles. The summed E-state index contributed by atoms with van der Waals surface area (Å²) in [6.45, 7) is 4.07. The van der Waals surface area contributed by atoms with Crippen molar-refractivity contribution in [3.63, 3.8) is 0 Å². The van der Waals surface area contributed by atoms with E-state index in [1.807, 2.05) is 0 Å². The Balaban J connectivity index is 0.00000289. The van der Waals surface area contributed by atoms with E-state index in [-0.39, 0.29) is 35.9 Å². The van der Waals surface area contributed by atoms with E-state index in [1.54, 1.807) is 29.2 Å². The van der Waals surface area contributed by atoms with Crippen molar-refractivity contribution in [3.8, 4) is 0 Å². The fourth-order valence-corrected chi connectivity index (χ4v) is 3.58. The highest BCUT2D eigenvalue weighted by atomic mass is 35.5. The molecule has 4 rings (SSSR count). The molecule has 32 heavy (non-hydrogen) atoms. The molecule has 2 aromatic rings. The normalized spacial score (nSPS) is 18.4. The Kier molecular flexibility index (Phi) is 8.14. The number of rotatable bonds is 6. The van der Waals surface area contributed by atoms with Gasteiger partial charge in [0, 0.05) is 36.9 Å². The van der Waals surface area contributed by atoms with E-state index in [0.717, 1.165) is 25.9 Å². The molecular formula is C20H27ClN8O3. The van der Waals surface area contributed by atoms with Crippen LogP contribution in [0.5, 0.6) is 0 Å². The quantitative estimate of drug-likeness (QED) is 0.488. The largest absolute Gasteiger partial charge is 0.378 e. The minimum Gasteiger partial charge on any atom is -0.378 e. The third-order valence-electron chi connectivity index (χ3n) is 5.24. The number of ether oxygens (including phenoxy) is 1. The van der Waals surface area contributed by atoms with E-state index in [4.69, 9.17) is 10.5 Å². The van der Waals surface area contributed by atoms with Gasteiger partial charge in [-0.2, -0.15) is 4.98 Å². The Morgan fingerprint density at radius 1 is 1.16 bits per heavy atom. The van der Waals surface area contributed by atoms with Gasteiger partial charge in [-0.15, -0.1) is 22.6 Å². The number of hydrogen-bond donors (Lipinski definition) is 4. The smallest absolute Gasteiger partial charge is 0.273 e. The monoisotopic (exact) mass is 462 g/mol. The van der Waals surface area contributed by atoms with Gasteiger partial charge in [-0.25, -0.2) is 0 Å². The van der Waals surface area contributed by atoms with Gasteiger partial charge in [0.1, 0.15) is 0 Å². The van der Waals surface area contributed by atoms with Crippen LogP contribution in [-0.4, -0.2) is 77.3 Å². The SMILES string of the molecule is Cl.NC(=O)c1nnc(N[C@@H]2CCCNC2)nc1Nc1ccc(C(=O)N2CCOCC2)cc1. The highest BCUT2D eigenvalue weighted by Crippen LogP contribution is 2.20. The number of benzene rings is 1. The Bertz CT molecular complexity index is 931. The van der Waals surface area contributed by atoms with Crippen LogP contribution in [0.2, 0.25) is 0 Å². The van der Waals surface area contributed by atoms with Crippen LogP contribution < -0.4 is 21.7 Å². The predicted molar refractivity (Wildman–Crippen MR) is 122 cm³/mol. The van der Waals surface area contributed by atoms with E-state index < -0.39 is 5.91 Å². The molecule has 2 saturated heterocycles. The zero-order valence-electron chi connectivity index (χ0n) is 17.5. The molecule has 0 aliphatic carbocycles. The van der Waals surface area contributed by atoms with Crippen molar-refractivity contribution in [3.05, 3.63) is 35.5 Å². The topological polar surface area (TPSA) is 147 Å². The maximum Gasteiger partial charge on any atom is 0.273 e. The summed E-state index contributed by atoms with van der Waals surface area (Å²) in [6.07, 6.45) is 2.06. The van der Waals surface area contributed by atoms with Crippen LogP contribution in [0.4, 0.5) is 17.5 Å². The Morgan fingerprint density at radius 2 is 1.91 bits per heavy atom. The number of carbonyl (C=O) groups is 2. The molecule has 0 radical (unpaired) electrons. The van der Waals surface area contributed by atoms with Gasteiger partial charge in [-0.3, -0.25) is 9.59 Å². The number of nitrogens with zero attached hydrogens (tertiary/aromatic N) is 4. The molecule has 5 N–H and O–H groups in total. The number of anilines is 3. The lowest BCUT2D eigenvalue weighted by Crippen LogP contribution is -2.40. The first-order chi connectivity index (χ1) is 15.1. The summed E-state index contributed by atoms with van der Waals surface area (Å²) in [5, 5.41) is 17.5. The Hall–Kier alpha value is -3.02. The van der Waals surface area contributed by atoms with Gasteiger partial charge in [0.15, 0.2) is 11.5 Å². The molecule has 1 atom stereocenters. The van der Waals surface area contributed by atoms with Crippen molar-refractivity contribution in [1.82, 2.24) is 25.4 Å². The fourth-order valence-electron chi connectivity index (χ4n) is 3.58. The molecule has 0 saturated carbocycles. The third kappa shape index (κ3) is 5.81. The zero-order valence-corrected chi connectivity index (χ0v) is 18.4. The van der Waals surface area contributed by atoms with E-state index in [1.165, 1.54) is 0 Å². The molecule has 0 bridgehead atoms. The minimum atomic E-state index is -0.729. The summed E-state index contributed by atoms with van der Waals surface area (Å²) in [6, 6.07) is 7.14. The first-order valence-corrected chi connectivity index (χ1v) is 10.4. The molecule has 2 fully saturated rings. The van der Waals surface area contributed by atoms with Gasteiger partial charge in [0.2, 0.25) is 5.95 Å². The van der Waals surface area contributed by atoms with Gasteiger partial charge in [-0.05, 0) is 43.7 Å². The van der Waals surface area contributed by atoms with Crippen molar-refractivity contribution in [2.75, 3.05) is 50.0 Å². The number of nitrogens with one attached hydrogen (secondary N) is 3. The molecular weight excluding hydrogens is 436 g/mol. The van der Waals surface area contributed by atoms with Crippen LogP contribution in [-0.2, 0) is 4.74 Å². The van der Waals surface area contributed by atoms with Crippen LogP contribution in [0, 0.1) is 0 Å². The molecule has 172 valence electrons. The number of aromatic nitrogens is 3. The maximum atomic E-state index is 12.6. The molecule has 1 aromatic carbocycles. The minimum absolute atomic E-state index is 0. The fraction of sp³-hybridized carbons (Fsp3) is 0.450. The lowest BCUT2D eigenvalue weighted by molar-refractivity contribution is 0.0303. The first-order valence-electron chi connectivity index (χ1n) is 10.4. The molecule has 12 heteroatoms. The Labute approximate surface area is 191 Å². The molecule has 0 spiro atoms. The van der Waals surface area contributed by atoms with Crippen LogP contribution >= 0.6 is 12.4 Å². The van der Waals surface area contributed by atoms with Crippen molar-refractivity contribution < 1.29 is 14.3 Å². The summed E-state index contributed by atoms with van der Waals surface area (Å²) < 4.78 is 5.29. The van der Waals surface area contributed by atoms with E-state index in [0.29, 0.717) is 43.5 Å². The molecule has 2 aliphatic heterocycles. The average Bonchev–Trinajstić information content (AvgIpc) is 2.80. The average molecular weight is 463 g/mol. The van der Waals surface area contributed by atoms with E-state index >= 15 is 0 Å². The summed E-state index contributed by atoms with van der Waals surface area (Å²) in [5.74, 6) is -0.238. The summed E-state index contributed by atoms with van der Waals surface area (Å²) >= 11 is 0. The Morgan fingerprint density at radius 3 is 2.56 bits per heavy atom. The van der Waals surface area contributed by atoms with Crippen molar-refractivity contribution in [2.45, 2.75) is 18.9 Å². The van der Waals surface area contributed by atoms with Crippen molar-refractivity contribution >= 4 is 41.7 Å². The van der Waals surface area contributed by atoms with Crippen LogP contribution in [0.3, 0.4) is 0 Å². The van der Waals surface area contributed by atoms with Crippen LogP contribution in [0.1, 0.15) is 33.7 Å². The molecule has 1 aromatic heterocycles. The number of carbonyl (C=O) groups excluding carboxylic acids is 2. The van der Waals surface area contributed by atoms with Gasteiger partial charge < -0.3 is 31.3 Å². The number of halogens is 1. The number of amides is 2. The number of primary amides is 1. The summed E-state index contributed by atoms with van der Waals surface area (Å²) in [5.41, 5.74) is 6.61. The van der Waals surface area contributed by atoms with Gasteiger partial charge in [0.25, 0.3) is 11.8 Å². The standard InChI is InChI=1S/C20H26N8O3.ClH/c21-17(29)16-18(25-20(27-26-16)24-15-2-1-7-22-12-15)23-14-5-3-13(4-6-14)19(30)28-8-10-31-11-9-28;/h3-6,15,22H,1-2,7-12H2,(H2,21,29)(H2,23,24,25,27);1H/t15-;/m1./s1. The predicted octanol–water partition coefficient (Wildman–Crippen LogP) is 0.772. The van der Waals surface area contributed by atoms with E-state index in [9.17, 15) is 9.59 Å². The zero-order chi connectivity index (χ0) is 21.6. The van der Waals surface area contributed by atoms with E-state index in [2.05, 4.69) is 31.1 Å². The second-order valence-electron chi connectivity index (χ2n) is 7.49. The summed E-state index contributed by atoms with van der Waals surface area (Å²) in [4.78, 5) is 30.5. The molecule has 11 nitrogen and oxygen atoms in total. The third-order valence-corrected chi connectivity index (χ3v) is 5.24.